The van der Waals surface area contributed by atoms with Crippen molar-refractivity contribution in [3.63, 3.8) is 0 Å². The first-order valence-corrected chi connectivity index (χ1v) is 12.3. The van der Waals surface area contributed by atoms with Crippen LogP contribution in [0, 0.1) is 22.6 Å². The van der Waals surface area contributed by atoms with Gasteiger partial charge < -0.3 is 10.6 Å². The van der Waals surface area contributed by atoms with E-state index in [-0.39, 0.29) is 11.5 Å². The predicted molar refractivity (Wildman–Crippen MR) is 137 cm³/mol. The quantitative estimate of drug-likeness (QED) is 0.311. The number of benzene rings is 2. The van der Waals surface area contributed by atoms with Crippen LogP contribution in [-0.4, -0.2) is 26.0 Å². The Morgan fingerprint density at radius 3 is 2.69 bits per heavy atom. The topological polar surface area (TPSA) is 91.5 Å². The second kappa shape index (κ2) is 8.45. The lowest BCUT2D eigenvalue weighted by atomic mass is 10.0. The lowest BCUT2D eigenvalue weighted by molar-refractivity contribution is 0.610. The number of halogens is 2. The minimum absolute atomic E-state index is 0.133. The van der Waals surface area contributed by atoms with E-state index in [9.17, 15) is 11.0 Å². The van der Waals surface area contributed by atoms with Crippen LogP contribution in [0.3, 0.4) is 0 Å². The number of nitriles is 1. The third-order valence-corrected chi connectivity index (χ3v) is 7.26. The van der Waals surface area contributed by atoms with Gasteiger partial charge in [-0.15, -0.1) is 5.10 Å². The van der Waals surface area contributed by atoms with Crippen LogP contribution in [0.1, 0.15) is 63.4 Å². The molecule has 36 heavy (non-hydrogen) atoms. The summed E-state index contributed by atoms with van der Waals surface area (Å²) in [5.74, 6) is -0.393. The molecule has 0 aliphatic heterocycles. The Bertz CT molecular complexity index is 1560. The van der Waals surface area contributed by atoms with Gasteiger partial charge in [-0.3, -0.25) is 4.98 Å². The van der Waals surface area contributed by atoms with Gasteiger partial charge in [0.25, 0.3) is 0 Å². The zero-order valence-electron chi connectivity index (χ0n) is 20.9. The standard InChI is InChI=1S/C27H25ClFN7/c1-27(2)11-23(27)33-24-16(12-30)13-31-26-20(24)9-18(10-21(26)28)32-25(15-3-5-17(29)6-4-15)22-14-36(35-34-22)19-7-8-19/h3-6,9-10,13-14,19,23,25,32H,7-8,11H2,1-2H3,(H,31,33)/t23?,25-/m1/s1/i25D. The van der Waals surface area contributed by atoms with E-state index in [1.165, 1.54) is 18.3 Å². The highest BCUT2D eigenvalue weighted by Crippen LogP contribution is 2.48. The Labute approximate surface area is 214 Å². The minimum Gasteiger partial charge on any atom is -0.380 e. The van der Waals surface area contributed by atoms with Crippen LogP contribution in [0.15, 0.2) is 48.8 Å². The molecule has 2 heterocycles. The summed E-state index contributed by atoms with van der Waals surface area (Å²) in [4.78, 5) is 4.43. The first kappa shape index (κ1) is 21.6. The molecule has 6 rings (SSSR count). The maximum atomic E-state index is 13.8. The number of nitrogens with one attached hydrogen (secondary N) is 2. The van der Waals surface area contributed by atoms with E-state index in [1.807, 2.05) is 6.07 Å². The van der Waals surface area contributed by atoms with Crippen molar-refractivity contribution in [2.75, 3.05) is 10.6 Å². The summed E-state index contributed by atoms with van der Waals surface area (Å²) >= 11 is 6.68. The van der Waals surface area contributed by atoms with E-state index in [0.29, 0.717) is 50.2 Å². The second-order valence-corrected chi connectivity index (χ2v) is 10.6. The molecule has 0 saturated heterocycles. The fourth-order valence-electron chi connectivity index (χ4n) is 4.41. The third kappa shape index (κ3) is 4.24. The lowest BCUT2D eigenvalue weighted by Gasteiger charge is -2.20. The number of fused-ring (bicyclic) bond motifs is 1. The summed E-state index contributed by atoms with van der Waals surface area (Å²) in [5.41, 5.74) is 3.20. The number of hydrogen-bond donors (Lipinski definition) is 2. The fraction of sp³-hybridized carbons (Fsp3) is 0.333. The van der Waals surface area contributed by atoms with Crippen molar-refractivity contribution in [1.29, 1.82) is 5.26 Å². The van der Waals surface area contributed by atoms with E-state index < -0.39 is 11.8 Å². The summed E-state index contributed by atoms with van der Waals surface area (Å²) in [6, 6.07) is 10.5. The smallest absolute Gasteiger partial charge is 0.123 e. The fourth-order valence-corrected chi connectivity index (χ4v) is 4.68. The zero-order chi connectivity index (χ0) is 25.9. The molecule has 2 aliphatic rings. The lowest BCUT2D eigenvalue weighted by Crippen LogP contribution is -2.14. The van der Waals surface area contributed by atoms with Crippen molar-refractivity contribution < 1.29 is 5.76 Å². The monoisotopic (exact) mass is 502 g/mol. The van der Waals surface area contributed by atoms with Crippen molar-refractivity contribution in [1.82, 2.24) is 20.0 Å². The van der Waals surface area contributed by atoms with Gasteiger partial charge in [0.15, 0.2) is 0 Å². The Hall–Kier alpha value is -3.70. The molecule has 7 nitrogen and oxygen atoms in total. The Morgan fingerprint density at radius 1 is 1.28 bits per heavy atom. The summed E-state index contributed by atoms with van der Waals surface area (Å²) in [6.45, 7) is 4.35. The Kier molecular flexibility index (Phi) is 5.07. The van der Waals surface area contributed by atoms with Gasteiger partial charge in [-0.1, -0.05) is 42.8 Å². The van der Waals surface area contributed by atoms with E-state index in [4.69, 9.17) is 11.6 Å². The zero-order valence-corrected chi connectivity index (χ0v) is 20.6. The van der Waals surface area contributed by atoms with Crippen molar-refractivity contribution in [3.8, 4) is 6.07 Å². The van der Waals surface area contributed by atoms with Crippen molar-refractivity contribution in [2.24, 2.45) is 5.41 Å². The SMILES string of the molecule is [2H][C@@](Nc1cc(Cl)c2ncc(C#N)c(NC3CC3(C)C)c2c1)(c1ccc(F)cc1)c1cn(C2CC2)nn1. The molecule has 0 radical (unpaired) electrons. The van der Waals surface area contributed by atoms with Crippen molar-refractivity contribution >= 4 is 33.9 Å². The molecule has 2 aromatic heterocycles. The largest absolute Gasteiger partial charge is 0.380 e. The van der Waals surface area contributed by atoms with E-state index in [2.05, 4.69) is 45.8 Å². The van der Waals surface area contributed by atoms with E-state index in [1.54, 1.807) is 29.1 Å². The molecule has 9 heteroatoms. The predicted octanol–water partition coefficient (Wildman–Crippen LogP) is 6.24. The average molecular weight is 503 g/mol. The van der Waals surface area contributed by atoms with Gasteiger partial charge in [0.2, 0.25) is 0 Å². The summed E-state index contributed by atoms with van der Waals surface area (Å²) in [5, 5.41) is 26.2. The van der Waals surface area contributed by atoms with Gasteiger partial charge in [0.05, 0.1) is 41.4 Å². The van der Waals surface area contributed by atoms with E-state index >= 15 is 0 Å². The molecular weight excluding hydrogens is 477 g/mol. The molecule has 0 bridgehead atoms. The summed E-state index contributed by atoms with van der Waals surface area (Å²) < 4.78 is 25.0. The number of rotatable bonds is 7. The Balaban J connectivity index is 1.46. The molecule has 0 spiro atoms. The van der Waals surface area contributed by atoms with Gasteiger partial charge in [-0.05, 0) is 54.5 Å². The maximum absolute atomic E-state index is 13.8. The van der Waals surface area contributed by atoms with Crippen LogP contribution < -0.4 is 10.6 Å². The molecule has 2 N–H and O–H groups in total. The van der Waals surface area contributed by atoms with Crippen molar-refractivity contribution in [3.05, 3.63) is 76.5 Å². The van der Waals surface area contributed by atoms with Gasteiger partial charge in [-0.2, -0.15) is 5.26 Å². The molecule has 182 valence electrons. The Morgan fingerprint density at radius 2 is 2.03 bits per heavy atom. The van der Waals surface area contributed by atoms with Crippen LogP contribution in [0.25, 0.3) is 10.9 Å². The summed E-state index contributed by atoms with van der Waals surface area (Å²) in [7, 11) is 0. The van der Waals surface area contributed by atoms with E-state index in [0.717, 1.165) is 19.3 Å². The molecule has 1 unspecified atom stereocenters. The van der Waals surface area contributed by atoms with Crippen LogP contribution in [0.2, 0.25) is 5.02 Å². The maximum Gasteiger partial charge on any atom is 0.123 e. The molecule has 4 aromatic rings. The third-order valence-electron chi connectivity index (χ3n) is 6.97. The van der Waals surface area contributed by atoms with Crippen LogP contribution >= 0.6 is 11.6 Å². The number of hydrogen-bond acceptors (Lipinski definition) is 6. The molecule has 2 saturated carbocycles. The molecular formula is C27H25ClFN7. The molecule has 2 aliphatic carbocycles. The number of aromatic nitrogens is 4. The normalized spacial score (nSPS) is 20.3. The van der Waals surface area contributed by atoms with Crippen LogP contribution in [0.4, 0.5) is 15.8 Å². The highest BCUT2D eigenvalue weighted by atomic mass is 35.5. The van der Waals surface area contributed by atoms with Crippen LogP contribution in [0.5, 0.6) is 0 Å². The molecule has 2 atom stereocenters. The van der Waals surface area contributed by atoms with Gasteiger partial charge in [0.1, 0.15) is 17.6 Å². The average Bonchev–Trinajstić information content (AvgIpc) is 3.75. The molecule has 0 amide bonds. The van der Waals surface area contributed by atoms with Gasteiger partial charge >= 0.3 is 0 Å². The van der Waals surface area contributed by atoms with Gasteiger partial charge in [0, 0.05) is 23.3 Å². The minimum atomic E-state index is -1.58. The first-order chi connectivity index (χ1) is 17.7. The molecule has 2 fully saturated rings. The highest BCUT2D eigenvalue weighted by Gasteiger charge is 2.46. The first-order valence-electron chi connectivity index (χ1n) is 12.4. The number of nitrogens with zero attached hydrogens (tertiary/aromatic N) is 5. The van der Waals surface area contributed by atoms with Crippen molar-refractivity contribution in [2.45, 2.75) is 51.2 Å². The van der Waals surface area contributed by atoms with Gasteiger partial charge in [-0.25, -0.2) is 9.07 Å². The molecule has 2 aromatic carbocycles. The van der Waals surface area contributed by atoms with Crippen LogP contribution in [-0.2, 0) is 0 Å². The summed E-state index contributed by atoms with van der Waals surface area (Å²) in [6.07, 6.45) is 6.34. The number of anilines is 2. The second-order valence-electron chi connectivity index (χ2n) is 10.2. The number of pyridine rings is 1. The highest BCUT2D eigenvalue weighted by molar-refractivity contribution is 6.35.